The third-order valence-corrected chi connectivity index (χ3v) is 8.17. The Morgan fingerprint density at radius 1 is 1.00 bits per heavy atom. The molecule has 0 aliphatic carbocycles. The number of nitrogens with one attached hydrogen (secondary N) is 1. The second kappa shape index (κ2) is 11.0. The van der Waals surface area contributed by atoms with Crippen LogP contribution >= 0.6 is 11.8 Å². The van der Waals surface area contributed by atoms with E-state index < -0.39 is 10.0 Å². The van der Waals surface area contributed by atoms with E-state index in [0.717, 1.165) is 24.5 Å². The average molecular weight is 462 g/mol. The molecule has 0 spiro atoms. The van der Waals surface area contributed by atoms with Gasteiger partial charge < -0.3 is 10.2 Å². The summed E-state index contributed by atoms with van der Waals surface area (Å²) in [5, 5.41) is 2.97. The van der Waals surface area contributed by atoms with Crippen molar-refractivity contribution in [2.75, 3.05) is 43.8 Å². The van der Waals surface area contributed by atoms with Crippen LogP contribution in [0.5, 0.6) is 0 Å². The maximum Gasteiger partial charge on any atom is 0.264 e. The number of amides is 1. The van der Waals surface area contributed by atoms with Crippen LogP contribution in [0.25, 0.3) is 0 Å². The molecule has 1 aliphatic rings. The van der Waals surface area contributed by atoms with Crippen molar-refractivity contribution in [2.45, 2.75) is 35.5 Å². The number of anilines is 1. The lowest BCUT2D eigenvalue weighted by Crippen LogP contribution is -2.35. The van der Waals surface area contributed by atoms with Gasteiger partial charge >= 0.3 is 0 Å². The van der Waals surface area contributed by atoms with E-state index in [9.17, 15) is 13.2 Å². The van der Waals surface area contributed by atoms with E-state index in [1.165, 1.54) is 37.0 Å². The summed E-state index contributed by atoms with van der Waals surface area (Å²) in [7, 11) is -2.14. The van der Waals surface area contributed by atoms with Crippen LogP contribution in [0, 0.1) is 0 Å². The van der Waals surface area contributed by atoms with Crippen LogP contribution in [0.2, 0.25) is 0 Å². The van der Waals surface area contributed by atoms with Crippen molar-refractivity contribution < 1.29 is 13.2 Å². The molecule has 2 aromatic rings. The summed E-state index contributed by atoms with van der Waals surface area (Å²) >= 11 is 1.56. The van der Waals surface area contributed by atoms with Gasteiger partial charge in [-0.05, 0) is 80.7 Å². The molecule has 1 fully saturated rings. The third-order valence-electron chi connectivity index (χ3n) is 5.62. The van der Waals surface area contributed by atoms with Crippen LogP contribution in [0.1, 0.15) is 36.0 Å². The number of carbonyl (C=O) groups excluding carboxylic acids is 1. The molecular formula is C23H31N3O3S2. The molecule has 6 nitrogen and oxygen atoms in total. The summed E-state index contributed by atoms with van der Waals surface area (Å²) in [6, 6.07) is 13.5. The molecule has 0 radical (unpaired) electrons. The summed E-state index contributed by atoms with van der Waals surface area (Å²) in [6.45, 7) is 3.68. The Labute approximate surface area is 190 Å². The van der Waals surface area contributed by atoms with E-state index in [2.05, 4.69) is 10.2 Å². The topological polar surface area (TPSA) is 69.7 Å². The Balaban J connectivity index is 1.58. The molecule has 1 saturated heterocycles. The Kier molecular flexibility index (Phi) is 8.40. The van der Waals surface area contributed by atoms with Gasteiger partial charge in [0, 0.05) is 30.6 Å². The van der Waals surface area contributed by atoms with Crippen molar-refractivity contribution in [3.05, 3.63) is 54.1 Å². The predicted octanol–water partition coefficient (Wildman–Crippen LogP) is 3.84. The fourth-order valence-corrected chi connectivity index (χ4v) is 5.26. The summed E-state index contributed by atoms with van der Waals surface area (Å²) in [5.41, 5.74) is 1.03. The Bertz CT molecular complexity index is 953. The van der Waals surface area contributed by atoms with Crippen LogP contribution in [0.3, 0.4) is 0 Å². The van der Waals surface area contributed by atoms with Crippen molar-refractivity contribution in [1.82, 2.24) is 10.2 Å². The van der Waals surface area contributed by atoms with Crippen LogP contribution in [-0.2, 0) is 10.0 Å². The zero-order chi connectivity index (χ0) is 22.3. The first-order valence-corrected chi connectivity index (χ1v) is 13.3. The van der Waals surface area contributed by atoms with Gasteiger partial charge in [-0.25, -0.2) is 8.42 Å². The first-order chi connectivity index (χ1) is 14.9. The highest BCUT2D eigenvalue weighted by atomic mass is 32.2. The Morgan fingerprint density at radius 2 is 1.61 bits per heavy atom. The molecule has 0 unspecified atom stereocenters. The second-order valence-corrected chi connectivity index (χ2v) is 10.6. The summed E-state index contributed by atoms with van der Waals surface area (Å²) in [6.07, 6.45) is 6.99. The zero-order valence-electron chi connectivity index (χ0n) is 18.2. The van der Waals surface area contributed by atoms with Gasteiger partial charge in [0.25, 0.3) is 15.9 Å². The number of thioether (sulfide) groups is 1. The molecule has 0 bridgehead atoms. The number of nitrogens with zero attached hydrogens (tertiary/aromatic N) is 2. The van der Waals surface area contributed by atoms with Crippen molar-refractivity contribution in [1.29, 1.82) is 0 Å². The molecule has 31 heavy (non-hydrogen) atoms. The maximum atomic E-state index is 12.9. The summed E-state index contributed by atoms with van der Waals surface area (Å²) in [4.78, 5) is 16.1. The van der Waals surface area contributed by atoms with E-state index in [-0.39, 0.29) is 10.8 Å². The lowest BCUT2D eigenvalue weighted by Gasteiger charge is -2.20. The normalized spacial score (nSPS) is 15.3. The lowest BCUT2D eigenvalue weighted by atomic mass is 10.2. The largest absolute Gasteiger partial charge is 0.351 e. The number of rotatable bonds is 8. The first-order valence-electron chi connectivity index (χ1n) is 10.7. The van der Waals surface area contributed by atoms with E-state index in [1.807, 2.05) is 6.26 Å². The monoisotopic (exact) mass is 461 g/mol. The van der Waals surface area contributed by atoms with Crippen molar-refractivity contribution >= 4 is 33.4 Å². The summed E-state index contributed by atoms with van der Waals surface area (Å²) < 4.78 is 27.0. The van der Waals surface area contributed by atoms with Crippen LogP contribution < -0.4 is 9.62 Å². The number of hydrogen-bond acceptors (Lipinski definition) is 5. The van der Waals surface area contributed by atoms with E-state index in [1.54, 1.807) is 60.3 Å². The fraction of sp³-hybridized carbons (Fsp3) is 0.435. The number of carbonyl (C=O) groups is 1. The molecule has 0 atom stereocenters. The predicted molar refractivity (Wildman–Crippen MR) is 127 cm³/mol. The summed E-state index contributed by atoms with van der Waals surface area (Å²) in [5.74, 6) is -0.139. The number of sulfonamides is 1. The van der Waals surface area contributed by atoms with Gasteiger partial charge in [-0.2, -0.15) is 0 Å². The highest BCUT2D eigenvalue weighted by Crippen LogP contribution is 2.24. The Hall–Kier alpha value is -2.03. The van der Waals surface area contributed by atoms with Gasteiger partial charge in [0.15, 0.2) is 0 Å². The van der Waals surface area contributed by atoms with E-state index in [0.29, 0.717) is 17.8 Å². The minimum atomic E-state index is -3.66. The van der Waals surface area contributed by atoms with Crippen LogP contribution in [0.4, 0.5) is 5.69 Å². The van der Waals surface area contributed by atoms with Crippen molar-refractivity contribution in [2.24, 2.45) is 0 Å². The molecule has 1 N–H and O–H groups in total. The molecule has 1 amide bonds. The molecule has 168 valence electrons. The minimum absolute atomic E-state index is 0.139. The molecule has 0 aromatic heterocycles. The van der Waals surface area contributed by atoms with Gasteiger partial charge in [0.1, 0.15) is 0 Å². The first kappa shape index (κ1) is 23.6. The van der Waals surface area contributed by atoms with Crippen LogP contribution in [0.15, 0.2) is 58.3 Å². The number of likely N-dealkylation sites (tertiary alicyclic amines) is 1. The standard InChI is InChI=1S/C23H31N3O3S2/c1-25(31(28,29)22-13-11-21(30-2)12-14-22)20-9-7-19(8-10-20)23(27)24-15-18-26-16-5-3-4-6-17-26/h7-14H,3-6,15-18H2,1-2H3,(H,24,27). The molecule has 3 rings (SSSR count). The van der Waals surface area contributed by atoms with Gasteiger partial charge in [-0.3, -0.25) is 9.10 Å². The second-order valence-electron chi connectivity index (χ2n) is 7.71. The zero-order valence-corrected chi connectivity index (χ0v) is 19.8. The van der Waals surface area contributed by atoms with Crippen LogP contribution in [-0.4, -0.2) is 58.7 Å². The van der Waals surface area contributed by atoms with Crippen molar-refractivity contribution in [3.8, 4) is 0 Å². The number of hydrogen-bond donors (Lipinski definition) is 1. The molecule has 1 aliphatic heterocycles. The van der Waals surface area contributed by atoms with Gasteiger partial charge in [0.2, 0.25) is 0 Å². The Morgan fingerprint density at radius 3 is 2.19 bits per heavy atom. The average Bonchev–Trinajstić information content (AvgIpc) is 3.07. The molecule has 0 saturated carbocycles. The van der Waals surface area contributed by atoms with Gasteiger partial charge in [-0.1, -0.05) is 12.8 Å². The molecule has 8 heteroatoms. The minimum Gasteiger partial charge on any atom is -0.351 e. The van der Waals surface area contributed by atoms with Gasteiger partial charge in [-0.15, -0.1) is 11.8 Å². The van der Waals surface area contributed by atoms with Crippen molar-refractivity contribution in [3.63, 3.8) is 0 Å². The number of benzene rings is 2. The highest BCUT2D eigenvalue weighted by molar-refractivity contribution is 7.98. The van der Waals surface area contributed by atoms with Gasteiger partial charge in [0.05, 0.1) is 10.6 Å². The third kappa shape index (κ3) is 6.24. The fourth-order valence-electron chi connectivity index (χ4n) is 3.66. The van der Waals surface area contributed by atoms with E-state index in [4.69, 9.17) is 0 Å². The lowest BCUT2D eigenvalue weighted by molar-refractivity contribution is 0.0948. The quantitative estimate of drug-likeness (QED) is 0.605. The highest BCUT2D eigenvalue weighted by Gasteiger charge is 2.21. The smallest absolute Gasteiger partial charge is 0.264 e. The van der Waals surface area contributed by atoms with E-state index >= 15 is 0 Å². The maximum absolute atomic E-state index is 12.9. The molecular weight excluding hydrogens is 430 g/mol. The molecule has 1 heterocycles. The SMILES string of the molecule is CSc1ccc(S(=O)(=O)N(C)c2ccc(C(=O)NCCN3CCCCCC3)cc2)cc1. The molecule has 2 aromatic carbocycles.